The number of hydrogen-bond donors (Lipinski definition) is 5. The molecule has 12 atom stereocenters. The highest BCUT2D eigenvalue weighted by Crippen LogP contribution is 2.43. The van der Waals surface area contributed by atoms with E-state index in [4.69, 9.17) is 14.2 Å². The third kappa shape index (κ3) is 14.0. The summed E-state index contributed by atoms with van der Waals surface area (Å²) in [4.78, 5) is 25.6. The number of aliphatic hydroxyl groups excluding tert-OH is 3. The van der Waals surface area contributed by atoms with Gasteiger partial charge in [-0.15, -0.1) is 0 Å². The first-order chi connectivity index (χ1) is 23.7. The highest BCUT2D eigenvalue weighted by Gasteiger charge is 2.44. The van der Waals surface area contributed by atoms with Crippen LogP contribution < -0.4 is 10.6 Å². The van der Waals surface area contributed by atoms with Crippen molar-refractivity contribution in [1.82, 2.24) is 10.6 Å². The molecule has 3 rings (SSSR count). The molecule has 3 aliphatic rings. The predicted octanol–water partition coefficient (Wildman–Crippen LogP) is 5.72. The van der Waals surface area contributed by atoms with E-state index in [0.29, 0.717) is 24.8 Å². The van der Waals surface area contributed by atoms with Crippen molar-refractivity contribution < 1.29 is 39.1 Å². The Morgan fingerprint density at radius 2 is 1.66 bits per heavy atom. The van der Waals surface area contributed by atoms with Crippen LogP contribution >= 0.6 is 0 Å². The smallest absolute Gasteiger partial charge is 0.225 e. The maximum atomic E-state index is 12.9. The molecule has 11 unspecified atom stereocenters. The second-order valence-electron chi connectivity index (χ2n) is 15.8. The molecule has 2 amide bonds. The minimum absolute atomic E-state index is 0.00835. The molecule has 0 aromatic carbocycles. The van der Waals surface area contributed by atoms with Crippen molar-refractivity contribution in [2.24, 2.45) is 23.7 Å². The average Bonchev–Trinajstić information content (AvgIpc) is 3.07. The van der Waals surface area contributed by atoms with Gasteiger partial charge in [0.1, 0.15) is 0 Å². The van der Waals surface area contributed by atoms with E-state index >= 15 is 0 Å². The van der Waals surface area contributed by atoms with E-state index in [1.54, 1.807) is 19.9 Å². The van der Waals surface area contributed by atoms with E-state index in [1.807, 2.05) is 19.9 Å². The molecule has 50 heavy (non-hydrogen) atoms. The SMILES string of the molecule is C/C=C/[C@H](O)CC1CCC(C)C(CC(=O)NCC(O)C(C)C(=O)NCCCC2OC3(CCCC(CCC(C)/C=C(\C)C(C)O)O3)CCC2C)O1. The molecular formula is C40H70N2O8. The molecule has 0 aromatic rings. The fourth-order valence-corrected chi connectivity index (χ4v) is 7.62. The zero-order valence-corrected chi connectivity index (χ0v) is 32.1. The second kappa shape index (κ2) is 21.0. The van der Waals surface area contributed by atoms with E-state index in [-0.39, 0.29) is 55.1 Å². The molecule has 3 saturated heterocycles. The van der Waals surface area contributed by atoms with Crippen LogP contribution in [0.2, 0.25) is 0 Å². The van der Waals surface area contributed by atoms with Crippen molar-refractivity contribution in [3.8, 4) is 0 Å². The second-order valence-corrected chi connectivity index (χ2v) is 15.8. The van der Waals surface area contributed by atoms with Gasteiger partial charge in [-0.2, -0.15) is 0 Å². The standard InChI is InChI=1S/C40H70N2O8/c1-8-11-32(44)23-34-17-15-27(3)37(48-34)24-38(46)42-25-35(45)30(6)39(47)41-21-10-13-36-28(4)18-20-40(50-36)19-9-12-33(49-40)16-14-26(2)22-29(5)31(7)43/h8,11,22,26-28,30-37,43-45H,9-10,12-21,23-25H2,1-7H3,(H,41,47)(H,42,46)/b11-8+,29-22+/t26?,27?,28?,30?,31?,32-,33?,34?,35?,36?,37?,40?/m0/s1. The summed E-state index contributed by atoms with van der Waals surface area (Å²) in [6.07, 6.45) is 14.7. The topological polar surface area (TPSA) is 147 Å². The lowest BCUT2D eigenvalue weighted by Gasteiger charge is -2.48. The number of aliphatic hydroxyl groups is 3. The van der Waals surface area contributed by atoms with Crippen LogP contribution in [-0.2, 0) is 23.8 Å². The molecule has 10 nitrogen and oxygen atoms in total. The van der Waals surface area contributed by atoms with Crippen molar-refractivity contribution in [1.29, 1.82) is 0 Å². The quantitative estimate of drug-likeness (QED) is 0.0899. The lowest BCUT2D eigenvalue weighted by molar-refractivity contribution is -0.324. The minimum Gasteiger partial charge on any atom is -0.390 e. The van der Waals surface area contributed by atoms with Crippen LogP contribution in [0, 0.1) is 23.7 Å². The van der Waals surface area contributed by atoms with Gasteiger partial charge >= 0.3 is 0 Å². The van der Waals surface area contributed by atoms with Crippen LogP contribution in [0.25, 0.3) is 0 Å². The van der Waals surface area contributed by atoms with Crippen LogP contribution in [-0.4, -0.2) is 88.7 Å². The number of nitrogens with one attached hydrogen (secondary N) is 2. The molecule has 3 aliphatic heterocycles. The van der Waals surface area contributed by atoms with Crippen molar-refractivity contribution in [3.05, 3.63) is 23.8 Å². The largest absolute Gasteiger partial charge is 0.390 e. The van der Waals surface area contributed by atoms with E-state index in [2.05, 4.69) is 37.5 Å². The number of hydrogen-bond acceptors (Lipinski definition) is 8. The molecule has 3 fully saturated rings. The Labute approximate surface area is 302 Å². The molecule has 0 radical (unpaired) electrons. The van der Waals surface area contributed by atoms with E-state index < -0.39 is 30.0 Å². The van der Waals surface area contributed by atoms with Gasteiger partial charge < -0.3 is 40.2 Å². The van der Waals surface area contributed by atoms with E-state index in [0.717, 1.165) is 76.2 Å². The maximum Gasteiger partial charge on any atom is 0.225 e. The number of carbonyl (C=O) groups excluding carboxylic acids is 2. The normalized spacial score (nSPS) is 32.3. The molecule has 5 N–H and O–H groups in total. The van der Waals surface area contributed by atoms with Crippen molar-refractivity contribution in [3.63, 3.8) is 0 Å². The van der Waals surface area contributed by atoms with Crippen molar-refractivity contribution in [2.45, 2.75) is 180 Å². The van der Waals surface area contributed by atoms with Crippen molar-refractivity contribution >= 4 is 11.8 Å². The van der Waals surface area contributed by atoms with Gasteiger partial charge in [0, 0.05) is 32.4 Å². The van der Waals surface area contributed by atoms with Gasteiger partial charge in [0.25, 0.3) is 0 Å². The third-order valence-corrected chi connectivity index (χ3v) is 11.3. The zero-order valence-electron chi connectivity index (χ0n) is 32.1. The third-order valence-electron chi connectivity index (χ3n) is 11.3. The molecule has 10 heteroatoms. The number of rotatable bonds is 18. The molecule has 1 spiro atoms. The van der Waals surface area contributed by atoms with Gasteiger partial charge in [0.15, 0.2) is 5.79 Å². The summed E-state index contributed by atoms with van der Waals surface area (Å²) < 4.78 is 19.5. The Bertz CT molecular complexity index is 1100. The Balaban J connectivity index is 1.36. The van der Waals surface area contributed by atoms with Gasteiger partial charge in [0.2, 0.25) is 11.8 Å². The summed E-state index contributed by atoms with van der Waals surface area (Å²) in [5.41, 5.74) is 1.01. The average molecular weight is 707 g/mol. The fourth-order valence-electron chi connectivity index (χ4n) is 7.62. The lowest BCUT2D eigenvalue weighted by atomic mass is 9.85. The monoisotopic (exact) mass is 707 g/mol. The first-order valence-corrected chi connectivity index (χ1v) is 19.6. The van der Waals surface area contributed by atoms with E-state index in [9.17, 15) is 24.9 Å². The first-order valence-electron chi connectivity index (χ1n) is 19.6. The number of amides is 2. The molecule has 0 aliphatic carbocycles. The van der Waals surface area contributed by atoms with Gasteiger partial charge in [0.05, 0.1) is 55.1 Å². The molecule has 3 heterocycles. The van der Waals surface area contributed by atoms with Gasteiger partial charge in [-0.3, -0.25) is 9.59 Å². The summed E-state index contributed by atoms with van der Waals surface area (Å²) >= 11 is 0. The molecule has 0 bridgehead atoms. The Kier molecular flexibility index (Phi) is 17.9. The molecule has 0 aromatic heterocycles. The number of ether oxygens (including phenoxy) is 3. The Morgan fingerprint density at radius 1 is 0.920 bits per heavy atom. The first kappa shape index (κ1) is 42.6. The van der Waals surface area contributed by atoms with Gasteiger partial charge in [-0.05, 0) is 102 Å². The molecule has 288 valence electrons. The van der Waals surface area contributed by atoms with Crippen LogP contribution in [0.1, 0.15) is 132 Å². The van der Waals surface area contributed by atoms with Crippen LogP contribution in [0.5, 0.6) is 0 Å². The molecular weight excluding hydrogens is 636 g/mol. The fraction of sp³-hybridized carbons (Fsp3) is 0.850. The van der Waals surface area contributed by atoms with Crippen LogP contribution in [0.4, 0.5) is 0 Å². The van der Waals surface area contributed by atoms with Crippen LogP contribution in [0.3, 0.4) is 0 Å². The number of carbonyl (C=O) groups is 2. The summed E-state index contributed by atoms with van der Waals surface area (Å²) in [5, 5.41) is 36.3. The summed E-state index contributed by atoms with van der Waals surface area (Å²) in [7, 11) is 0. The predicted molar refractivity (Wildman–Crippen MR) is 196 cm³/mol. The lowest BCUT2D eigenvalue weighted by Crippen LogP contribution is -2.50. The van der Waals surface area contributed by atoms with Crippen molar-refractivity contribution in [2.75, 3.05) is 13.1 Å². The highest BCUT2D eigenvalue weighted by molar-refractivity contribution is 5.79. The van der Waals surface area contributed by atoms with Gasteiger partial charge in [-0.25, -0.2) is 0 Å². The Hall–Kier alpha value is -1.82. The van der Waals surface area contributed by atoms with E-state index in [1.165, 1.54) is 0 Å². The number of allylic oxidation sites excluding steroid dienone is 2. The molecule has 0 saturated carbocycles. The summed E-state index contributed by atoms with van der Waals surface area (Å²) in [6, 6.07) is 0. The highest BCUT2D eigenvalue weighted by atomic mass is 16.7. The summed E-state index contributed by atoms with van der Waals surface area (Å²) in [6.45, 7) is 14.3. The van der Waals surface area contributed by atoms with Crippen LogP contribution in [0.15, 0.2) is 23.8 Å². The minimum atomic E-state index is -1.01. The Morgan fingerprint density at radius 3 is 2.38 bits per heavy atom. The zero-order chi connectivity index (χ0) is 36.8. The van der Waals surface area contributed by atoms with Gasteiger partial charge in [-0.1, -0.05) is 45.9 Å². The summed E-state index contributed by atoms with van der Waals surface area (Å²) in [5.74, 6) is -0.623. The maximum absolute atomic E-state index is 12.9.